The van der Waals surface area contributed by atoms with Gasteiger partial charge in [0, 0.05) is 19.7 Å². The van der Waals surface area contributed by atoms with Crippen molar-refractivity contribution in [1.82, 2.24) is 15.5 Å². The standard InChI is InChI=1S/C13H27N3O2/c1-11(10-18-3)15-13(17)9-16(2)8-12-5-4-6-14-7-12/h11-12,14H,4-10H2,1-3H3,(H,15,17). The third kappa shape index (κ3) is 6.33. The van der Waals surface area contributed by atoms with Crippen LogP contribution in [0.4, 0.5) is 0 Å². The molecule has 1 aliphatic rings. The minimum Gasteiger partial charge on any atom is -0.383 e. The zero-order valence-electron chi connectivity index (χ0n) is 11.9. The van der Waals surface area contributed by atoms with Gasteiger partial charge >= 0.3 is 0 Å². The molecule has 0 aromatic rings. The molecule has 2 N–H and O–H groups in total. The van der Waals surface area contributed by atoms with Gasteiger partial charge in [0.1, 0.15) is 0 Å². The average Bonchev–Trinajstić information content (AvgIpc) is 2.29. The molecule has 1 heterocycles. The lowest BCUT2D eigenvalue weighted by Gasteiger charge is -2.27. The van der Waals surface area contributed by atoms with Gasteiger partial charge in [-0.1, -0.05) is 0 Å². The second-order valence-electron chi connectivity index (χ2n) is 5.33. The van der Waals surface area contributed by atoms with E-state index >= 15 is 0 Å². The topological polar surface area (TPSA) is 53.6 Å². The highest BCUT2D eigenvalue weighted by Gasteiger charge is 2.16. The number of piperidine rings is 1. The van der Waals surface area contributed by atoms with Gasteiger partial charge in [-0.15, -0.1) is 0 Å². The van der Waals surface area contributed by atoms with E-state index in [-0.39, 0.29) is 11.9 Å². The van der Waals surface area contributed by atoms with Crippen LogP contribution in [0.2, 0.25) is 0 Å². The maximum Gasteiger partial charge on any atom is 0.234 e. The van der Waals surface area contributed by atoms with Crippen LogP contribution in [0.25, 0.3) is 0 Å². The van der Waals surface area contributed by atoms with Gasteiger partial charge in [0.25, 0.3) is 0 Å². The molecule has 1 aliphatic heterocycles. The number of nitrogens with zero attached hydrogens (tertiary/aromatic N) is 1. The van der Waals surface area contributed by atoms with Crippen molar-refractivity contribution in [1.29, 1.82) is 0 Å². The summed E-state index contributed by atoms with van der Waals surface area (Å²) in [5.74, 6) is 0.749. The van der Waals surface area contributed by atoms with E-state index in [0.29, 0.717) is 19.1 Å². The molecule has 2 unspecified atom stereocenters. The smallest absolute Gasteiger partial charge is 0.234 e. The number of likely N-dealkylation sites (N-methyl/N-ethyl adjacent to an activating group) is 1. The van der Waals surface area contributed by atoms with Gasteiger partial charge in [-0.25, -0.2) is 0 Å². The molecule has 0 bridgehead atoms. The van der Waals surface area contributed by atoms with Gasteiger partial charge in [0.2, 0.25) is 5.91 Å². The number of hydrogen-bond acceptors (Lipinski definition) is 4. The second-order valence-corrected chi connectivity index (χ2v) is 5.33. The third-order valence-corrected chi connectivity index (χ3v) is 3.21. The first-order chi connectivity index (χ1) is 8.61. The molecule has 5 heteroatoms. The maximum atomic E-state index is 11.8. The van der Waals surface area contributed by atoms with Crippen molar-refractivity contribution >= 4 is 5.91 Å². The Balaban J connectivity index is 2.17. The van der Waals surface area contributed by atoms with Crippen LogP contribution < -0.4 is 10.6 Å². The van der Waals surface area contributed by atoms with Gasteiger partial charge in [0.15, 0.2) is 0 Å². The maximum absolute atomic E-state index is 11.8. The van der Waals surface area contributed by atoms with Crippen LogP contribution in [0, 0.1) is 5.92 Å². The molecule has 106 valence electrons. The highest BCUT2D eigenvalue weighted by atomic mass is 16.5. The first-order valence-electron chi connectivity index (χ1n) is 6.79. The summed E-state index contributed by atoms with van der Waals surface area (Å²) in [5.41, 5.74) is 0. The van der Waals surface area contributed by atoms with E-state index < -0.39 is 0 Å². The largest absolute Gasteiger partial charge is 0.383 e. The molecule has 1 rings (SSSR count). The molecule has 1 fully saturated rings. The molecular formula is C13H27N3O2. The van der Waals surface area contributed by atoms with Crippen LogP contribution >= 0.6 is 0 Å². The molecule has 0 aliphatic carbocycles. The van der Waals surface area contributed by atoms with E-state index in [4.69, 9.17) is 4.74 Å². The van der Waals surface area contributed by atoms with Crippen molar-refractivity contribution in [3.63, 3.8) is 0 Å². The number of ether oxygens (including phenoxy) is 1. The Morgan fingerprint density at radius 1 is 1.61 bits per heavy atom. The van der Waals surface area contributed by atoms with Crippen molar-refractivity contribution in [3.05, 3.63) is 0 Å². The summed E-state index contributed by atoms with van der Waals surface area (Å²) in [7, 11) is 3.65. The molecule has 5 nitrogen and oxygen atoms in total. The minimum absolute atomic E-state index is 0.0748. The van der Waals surface area contributed by atoms with Gasteiger partial charge in [-0.2, -0.15) is 0 Å². The minimum atomic E-state index is 0.0748. The average molecular weight is 257 g/mol. The fourth-order valence-electron chi connectivity index (χ4n) is 2.44. The van der Waals surface area contributed by atoms with Crippen molar-refractivity contribution in [3.8, 4) is 0 Å². The molecule has 18 heavy (non-hydrogen) atoms. The van der Waals surface area contributed by atoms with Crippen LogP contribution in [0.1, 0.15) is 19.8 Å². The van der Waals surface area contributed by atoms with Crippen LogP contribution in [-0.2, 0) is 9.53 Å². The Bertz CT molecular complexity index is 242. The quantitative estimate of drug-likeness (QED) is 0.678. The van der Waals surface area contributed by atoms with E-state index in [1.807, 2.05) is 14.0 Å². The molecule has 0 spiro atoms. The summed E-state index contributed by atoms with van der Waals surface area (Å²) in [6, 6.07) is 0.0762. The Kier molecular flexibility index (Phi) is 7.23. The zero-order chi connectivity index (χ0) is 13.4. The molecule has 1 saturated heterocycles. The summed E-state index contributed by atoms with van der Waals surface area (Å²) in [4.78, 5) is 13.9. The van der Waals surface area contributed by atoms with E-state index in [1.165, 1.54) is 12.8 Å². The third-order valence-electron chi connectivity index (χ3n) is 3.21. The summed E-state index contributed by atoms with van der Waals surface area (Å²) < 4.78 is 4.99. The zero-order valence-corrected chi connectivity index (χ0v) is 11.9. The van der Waals surface area contributed by atoms with Gasteiger partial charge in [-0.3, -0.25) is 9.69 Å². The summed E-state index contributed by atoms with van der Waals surface area (Å²) in [6.45, 7) is 6.17. The lowest BCUT2D eigenvalue weighted by atomic mass is 9.99. The summed E-state index contributed by atoms with van der Waals surface area (Å²) in [6.07, 6.45) is 2.51. The van der Waals surface area contributed by atoms with Crippen molar-refractivity contribution in [2.24, 2.45) is 5.92 Å². The fourth-order valence-corrected chi connectivity index (χ4v) is 2.44. The van der Waals surface area contributed by atoms with Crippen molar-refractivity contribution < 1.29 is 9.53 Å². The number of carbonyl (C=O) groups excluding carboxylic acids is 1. The van der Waals surface area contributed by atoms with E-state index in [2.05, 4.69) is 15.5 Å². The Morgan fingerprint density at radius 2 is 2.39 bits per heavy atom. The number of methoxy groups -OCH3 is 1. The van der Waals surface area contributed by atoms with Gasteiger partial charge < -0.3 is 15.4 Å². The summed E-state index contributed by atoms with van der Waals surface area (Å²) >= 11 is 0. The molecule has 0 saturated carbocycles. The van der Waals surface area contributed by atoms with E-state index in [0.717, 1.165) is 19.6 Å². The van der Waals surface area contributed by atoms with E-state index in [9.17, 15) is 4.79 Å². The number of amides is 1. The highest BCUT2D eigenvalue weighted by molar-refractivity contribution is 5.78. The van der Waals surface area contributed by atoms with E-state index in [1.54, 1.807) is 7.11 Å². The molecule has 0 radical (unpaired) electrons. The number of rotatable bonds is 7. The lowest BCUT2D eigenvalue weighted by Crippen LogP contribution is -2.44. The van der Waals surface area contributed by atoms with Gasteiger partial charge in [0.05, 0.1) is 13.2 Å². The molecule has 0 aromatic heterocycles. The predicted octanol–water partition coefficient (Wildman–Crippen LogP) is 0.0689. The van der Waals surface area contributed by atoms with Gasteiger partial charge in [-0.05, 0) is 45.8 Å². The predicted molar refractivity (Wildman–Crippen MR) is 72.6 cm³/mol. The second kappa shape index (κ2) is 8.45. The Labute approximate surface area is 110 Å². The highest BCUT2D eigenvalue weighted by Crippen LogP contribution is 2.10. The van der Waals surface area contributed by atoms with Crippen LogP contribution in [-0.4, -0.2) is 63.8 Å². The lowest BCUT2D eigenvalue weighted by molar-refractivity contribution is -0.123. The molecular weight excluding hydrogens is 230 g/mol. The Hall–Kier alpha value is -0.650. The van der Waals surface area contributed by atoms with Crippen LogP contribution in [0.3, 0.4) is 0 Å². The SMILES string of the molecule is COCC(C)NC(=O)CN(C)CC1CCCNC1. The molecule has 0 aromatic carbocycles. The number of carbonyl (C=O) groups is 1. The normalized spacial score (nSPS) is 21.9. The first kappa shape index (κ1) is 15.4. The van der Waals surface area contributed by atoms with Crippen LogP contribution in [0.15, 0.2) is 0 Å². The summed E-state index contributed by atoms with van der Waals surface area (Å²) in [5, 5.41) is 6.33. The van der Waals surface area contributed by atoms with Crippen molar-refractivity contribution in [2.75, 3.05) is 46.9 Å². The first-order valence-corrected chi connectivity index (χ1v) is 6.79. The fraction of sp³-hybridized carbons (Fsp3) is 0.923. The number of nitrogens with one attached hydrogen (secondary N) is 2. The number of hydrogen-bond donors (Lipinski definition) is 2. The van der Waals surface area contributed by atoms with Crippen LogP contribution in [0.5, 0.6) is 0 Å². The molecule has 1 amide bonds. The Morgan fingerprint density at radius 3 is 3.00 bits per heavy atom. The molecule has 2 atom stereocenters. The monoisotopic (exact) mass is 257 g/mol. The van der Waals surface area contributed by atoms with Crippen molar-refractivity contribution in [2.45, 2.75) is 25.8 Å².